The highest BCUT2D eigenvalue weighted by Gasteiger charge is 2.24. The summed E-state index contributed by atoms with van der Waals surface area (Å²) in [5.74, 6) is 1.18. The number of ether oxygens (including phenoxy) is 2. The third-order valence-corrected chi connectivity index (χ3v) is 3.74. The minimum atomic E-state index is -0.157. The Balaban J connectivity index is 2.08. The summed E-state index contributed by atoms with van der Waals surface area (Å²) in [6, 6.07) is 10.8. The number of halogens is 1. The molecule has 112 valence electrons. The molecule has 0 radical (unpaired) electrons. The van der Waals surface area contributed by atoms with E-state index in [0.29, 0.717) is 22.1 Å². The van der Waals surface area contributed by atoms with Crippen molar-refractivity contribution in [3.8, 4) is 11.5 Å². The van der Waals surface area contributed by atoms with Gasteiger partial charge in [0.25, 0.3) is 5.91 Å². The number of methoxy groups -OCH3 is 2. The van der Waals surface area contributed by atoms with Gasteiger partial charge in [-0.05, 0) is 30.3 Å². The Morgan fingerprint density at radius 2 is 1.91 bits per heavy atom. The lowest BCUT2D eigenvalue weighted by atomic mass is 10.0. The van der Waals surface area contributed by atoms with Crippen LogP contribution in [0.2, 0.25) is 5.02 Å². The van der Waals surface area contributed by atoms with Crippen molar-refractivity contribution in [2.24, 2.45) is 0 Å². The lowest BCUT2D eigenvalue weighted by molar-refractivity contribution is -0.110. The first kappa shape index (κ1) is 14.5. The summed E-state index contributed by atoms with van der Waals surface area (Å²) in [7, 11) is 3.18. The monoisotopic (exact) mass is 315 g/mol. The Bertz CT molecular complexity index is 783. The van der Waals surface area contributed by atoms with Gasteiger partial charge in [0.1, 0.15) is 11.5 Å². The van der Waals surface area contributed by atoms with E-state index < -0.39 is 0 Å². The minimum absolute atomic E-state index is 0.157. The molecule has 2 aromatic rings. The maximum absolute atomic E-state index is 12.2. The SMILES string of the molecule is COc1ccc(/C=C2\C(=O)Nc3cc(Cl)ccc32)c(OC)c1. The van der Waals surface area contributed by atoms with Gasteiger partial charge in [0, 0.05) is 27.8 Å². The quantitative estimate of drug-likeness (QED) is 0.875. The first-order valence-electron chi connectivity index (χ1n) is 6.67. The second kappa shape index (κ2) is 5.73. The van der Waals surface area contributed by atoms with Gasteiger partial charge in [0.2, 0.25) is 0 Å². The fourth-order valence-corrected chi connectivity index (χ4v) is 2.58. The van der Waals surface area contributed by atoms with Crippen LogP contribution in [0.3, 0.4) is 0 Å². The minimum Gasteiger partial charge on any atom is -0.497 e. The van der Waals surface area contributed by atoms with Crippen LogP contribution in [0.4, 0.5) is 5.69 Å². The van der Waals surface area contributed by atoms with Gasteiger partial charge in [0.15, 0.2) is 0 Å². The summed E-state index contributed by atoms with van der Waals surface area (Å²) >= 11 is 5.96. The number of amides is 1. The van der Waals surface area contributed by atoms with Crippen LogP contribution in [0.15, 0.2) is 36.4 Å². The van der Waals surface area contributed by atoms with E-state index in [1.165, 1.54) is 0 Å². The molecule has 1 heterocycles. The van der Waals surface area contributed by atoms with E-state index in [4.69, 9.17) is 21.1 Å². The van der Waals surface area contributed by atoms with Gasteiger partial charge in [-0.15, -0.1) is 0 Å². The number of fused-ring (bicyclic) bond motifs is 1. The zero-order chi connectivity index (χ0) is 15.7. The van der Waals surface area contributed by atoms with Crippen molar-refractivity contribution in [2.75, 3.05) is 19.5 Å². The van der Waals surface area contributed by atoms with E-state index in [1.54, 1.807) is 38.5 Å². The van der Waals surface area contributed by atoms with E-state index in [-0.39, 0.29) is 5.91 Å². The lowest BCUT2D eigenvalue weighted by Crippen LogP contribution is -2.03. The summed E-state index contributed by atoms with van der Waals surface area (Å²) < 4.78 is 10.5. The zero-order valence-electron chi connectivity index (χ0n) is 12.1. The third kappa shape index (κ3) is 2.53. The van der Waals surface area contributed by atoms with Crippen molar-refractivity contribution in [1.29, 1.82) is 0 Å². The number of rotatable bonds is 3. The van der Waals surface area contributed by atoms with Crippen molar-refractivity contribution in [1.82, 2.24) is 0 Å². The molecule has 0 fully saturated rings. The molecular weight excluding hydrogens is 302 g/mol. The Labute approximate surface area is 133 Å². The topological polar surface area (TPSA) is 47.6 Å². The number of anilines is 1. The molecule has 0 aromatic heterocycles. The molecule has 0 saturated carbocycles. The standard InChI is InChI=1S/C17H14ClNO3/c1-21-12-5-3-10(16(9-12)22-2)7-14-13-6-4-11(18)8-15(13)19-17(14)20/h3-9H,1-2H3,(H,19,20)/b14-7-. The predicted octanol–water partition coefficient (Wildman–Crippen LogP) is 3.85. The highest BCUT2D eigenvalue weighted by atomic mass is 35.5. The Kier molecular flexibility index (Phi) is 3.77. The van der Waals surface area contributed by atoms with Crippen LogP contribution in [0, 0.1) is 0 Å². The molecule has 3 rings (SSSR count). The molecule has 4 nitrogen and oxygen atoms in total. The molecule has 0 atom stereocenters. The predicted molar refractivity (Wildman–Crippen MR) is 87.5 cm³/mol. The zero-order valence-corrected chi connectivity index (χ0v) is 12.9. The van der Waals surface area contributed by atoms with Gasteiger partial charge >= 0.3 is 0 Å². The van der Waals surface area contributed by atoms with Gasteiger partial charge in [-0.1, -0.05) is 17.7 Å². The maximum atomic E-state index is 12.2. The molecule has 0 saturated heterocycles. The molecular formula is C17H14ClNO3. The number of nitrogens with one attached hydrogen (secondary N) is 1. The normalized spacial score (nSPS) is 14.7. The first-order valence-corrected chi connectivity index (χ1v) is 7.05. The smallest absolute Gasteiger partial charge is 0.256 e. The summed E-state index contributed by atoms with van der Waals surface area (Å²) in [5.41, 5.74) is 2.93. The highest BCUT2D eigenvalue weighted by Crippen LogP contribution is 2.36. The Morgan fingerprint density at radius 1 is 1.09 bits per heavy atom. The van der Waals surface area contributed by atoms with Crippen LogP contribution in [0.5, 0.6) is 11.5 Å². The average molecular weight is 316 g/mol. The molecule has 22 heavy (non-hydrogen) atoms. The van der Waals surface area contributed by atoms with Gasteiger partial charge in [-0.2, -0.15) is 0 Å². The average Bonchev–Trinajstić information content (AvgIpc) is 2.82. The lowest BCUT2D eigenvalue weighted by Gasteiger charge is -2.08. The molecule has 0 spiro atoms. The second-order valence-electron chi connectivity index (χ2n) is 4.81. The van der Waals surface area contributed by atoms with Crippen molar-refractivity contribution < 1.29 is 14.3 Å². The Morgan fingerprint density at radius 3 is 2.64 bits per heavy atom. The number of benzene rings is 2. The van der Waals surface area contributed by atoms with E-state index in [2.05, 4.69) is 5.32 Å². The van der Waals surface area contributed by atoms with Crippen LogP contribution in [0.25, 0.3) is 11.6 Å². The number of hydrogen-bond donors (Lipinski definition) is 1. The number of carbonyl (C=O) groups is 1. The van der Waals surface area contributed by atoms with Gasteiger partial charge in [-0.3, -0.25) is 4.79 Å². The fourth-order valence-electron chi connectivity index (χ4n) is 2.40. The van der Waals surface area contributed by atoms with Gasteiger partial charge < -0.3 is 14.8 Å². The third-order valence-electron chi connectivity index (χ3n) is 3.51. The van der Waals surface area contributed by atoms with E-state index in [9.17, 15) is 4.79 Å². The molecule has 0 bridgehead atoms. The van der Waals surface area contributed by atoms with Crippen LogP contribution >= 0.6 is 11.6 Å². The summed E-state index contributed by atoms with van der Waals surface area (Å²) in [6.07, 6.45) is 1.80. The maximum Gasteiger partial charge on any atom is 0.256 e. The molecule has 2 aromatic carbocycles. The molecule has 0 aliphatic carbocycles. The molecule has 1 N–H and O–H groups in total. The van der Waals surface area contributed by atoms with Gasteiger partial charge in [-0.25, -0.2) is 0 Å². The number of carbonyl (C=O) groups excluding carboxylic acids is 1. The first-order chi connectivity index (χ1) is 10.6. The van der Waals surface area contributed by atoms with Crippen molar-refractivity contribution in [3.05, 3.63) is 52.5 Å². The van der Waals surface area contributed by atoms with Crippen molar-refractivity contribution >= 4 is 34.8 Å². The fraction of sp³-hybridized carbons (Fsp3) is 0.118. The van der Waals surface area contributed by atoms with Crippen LogP contribution in [0.1, 0.15) is 11.1 Å². The van der Waals surface area contributed by atoms with E-state index in [0.717, 1.165) is 16.8 Å². The van der Waals surface area contributed by atoms with Gasteiger partial charge in [0.05, 0.1) is 19.9 Å². The largest absolute Gasteiger partial charge is 0.497 e. The molecule has 1 aliphatic heterocycles. The van der Waals surface area contributed by atoms with Crippen LogP contribution < -0.4 is 14.8 Å². The summed E-state index contributed by atoms with van der Waals surface area (Å²) in [6.45, 7) is 0. The van der Waals surface area contributed by atoms with Crippen molar-refractivity contribution in [3.63, 3.8) is 0 Å². The van der Waals surface area contributed by atoms with Crippen LogP contribution in [-0.2, 0) is 4.79 Å². The van der Waals surface area contributed by atoms with E-state index in [1.807, 2.05) is 18.2 Å². The Hall–Kier alpha value is -2.46. The molecule has 5 heteroatoms. The second-order valence-corrected chi connectivity index (χ2v) is 5.25. The van der Waals surface area contributed by atoms with Crippen molar-refractivity contribution in [2.45, 2.75) is 0 Å². The van der Waals surface area contributed by atoms with Crippen LogP contribution in [-0.4, -0.2) is 20.1 Å². The summed E-state index contributed by atoms with van der Waals surface area (Å²) in [4.78, 5) is 12.2. The van der Waals surface area contributed by atoms with E-state index >= 15 is 0 Å². The summed E-state index contributed by atoms with van der Waals surface area (Å²) in [5, 5.41) is 3.40. The number of hydrogen-bond acceptors (Lipinski definition) is 3. The molecule has 1 aliphatic rings. The molecule has 1 amide bonds. The highest BCUT2D eigenvalue weighted by molar-refractivity contribution is 6.36. The molecule has 0 unspecified atom stereocenters.